The van der Waals surface area contributed by atoms with Gasteiger partial charge in [0.15, 0.2) is 0 Å². The van der Waals surface area contributed by atoms with Crippen LogP contribution < -0.4 is 5.32 Å². The minimum absolute atomic E-state index is 0.0740. The largest absolute Gasteiger partial charge is 0.481 e. The van der Waals surface area contributed by atoms with Gasteiger partial charge in [-0.15, -0.1) is 0 Å². The second-order valence-corrected chi connectivity index (χ2v) is 8.00. The molecule has 2 N–H and O–H groups in total. The Bertz CT molecular complexity index is 621. The molecule has 1 aliphatic heterocycles. The summed E-state index contributed by atoms with van der Waals surface area (Å²) >= 11 is 5.96. The van der Waals surface area contributed by atoms with Crippen molar-refractivity contribution >= 4 is 23.6 Å². The molecule has 1 aromatic carbocycles. The van der Waals surface area contributed by atoms with Crippen molar-refractivity contribution in [2.75, 3.05) is 26.2 Å². The average molecular weight is 396 g/mol. The van der Waals surface area contributed by atoms with Gasteiger partial charge in [-0.2, -0.15) is 0 Å². The van der Waals surface area contributed by atoms with Gasteiger partial charge in [-0.25, -0.2) is 4.79 Å². The first-order valence-electron chi connectivity index (χ1n) is 9.58. The normalized spacial score (nSPS) is 17.9. The smallest absolute Gasteiger partial charge is 0.317 e. The van der Waals surface area contributed by atoms with Crippen LogP contribution in [0.15, 0.2) is 24.3 Å². The van der Waals surface area contributed by atoms with Crippen LogP contribution in [0.5, 0.6) is 0 Å². The van der Waals surface area contributed by atoms with Crippen LogP contribution in [0.4, 0.5) is 4.79 Å². The molecule has 0 aromatic heterocycles. The Kier molecular flexibility index (Phi) is 8.38. The van der Waals surface area contributed by atoms with E-state index in [-0.39, 0.29) is 18.5 Å². The number of carbonyl (C=O) groups excluding carboxylic acids is 1. The summed E-state index contributed by atoms with van der Waals surface area (Å²) in [6.07, 6.45) is 1.47. The summed E-state index contributed by atoms with van der Waals surface area (Å²) in [7, 11) is 0. The highest BCUT2D eigenvalue weighted by molar-refractivity contribution is 6.30. The highest BCUT2D eigenvalue weighted by Crippen LogP contribution is 2.20. The van der Waals surface area contributed by atoms with Crippen LogP contribution in [0.25, 0.3) is 0 Å². The zero-order valence-electron chi connectivity index (χ0n) is 16.2. The summed E-state index contributed by atoms with van der Waals surface area (Å²) in [5.41, 5.74) is 1.22. The summed E-state index contributed by atoms with van der Waals surface area (Å²) in [6, 6.07) is 7.97. The molecule has 0 radical (unpaired) electrons. The maximum Gasteiger partial charge on any atom is 0.317 e. The molecule has 1 unspecified atom stereocenters. The molecule has 0 aliphatic carbocycles. The van der Waals surface area contributed by atoms with Crippen molar-refractivity contribution in [1.29, 1.82) is 0 Å². The maximum absolute atomic E-state index is 12.6. The molecule has 2 amide bonds. The van der Waals surface area contributed by atoms with E-state index in [4.69, 9.17) is 16.7 Å². The Hall–Kier alpha value is -1.79. The summed E-state index contributed by atoms with van der Waals surface area (Å²) in [4.78, 5) is 27.5. The molecular formula is C20H30ClN3O3. The van der Waals surface area contributed by atoms with E-state index in [0.29, 0.717) is 25.4 Å². The molecule has 150 valence electrons. The molecule has 27 heavy (non-hydrogen) atoms. The lowest BCUT2D eigenvalue weighted by Gasteiger charge is -2.42. The van der Waals surface area contributed by atoms with Crippen LogP contribution in [-0.2, 0) is 11.3 Å². The van der Waals surface area contributed by atoms with E-state index in [0.717, 1.165) is 31.1 Å². The van der Waals surface area contributed by atoms with Gasteiger partial charge in [0.1, 0.15) is 0 Å². The molecule has 7 heteroatoms. The van der Waals surface area contributed by atoms with Crippen molar-refractivity contribution in [2.45, 2.75) is 45.7 Å². The Labute approximate surface area is 166 Å². The predicted octanol–water partition coefficient (Wildman–Crippen LogP) is 3.45. The first-order chi connectivity index (χ1) is 12.8. The number of nitrogens with one attached hydrogen (secondary N) is 1. The predicted molar refractivity (Wildman–Crippen MR) is 107 cm³/mol. The number of piperazine rings is 1. The number of urea groups is 1. The van der Waals surface area contributed by atoms with Gasteiger partial charge < -0.3 is 15.3 Å². The maximum atomic E-state index is 12.6. The van der Waals surface area contributed by atoms with E-state index >= 15 is 0 Å². The number of carboxylic acid groups (broad SMARTS) is 1. The third kappa shape index (κ3) is 7.39. The molecule has 0 saturated carbocycles. The quantitative estimate of drug-likeness (QED) is 0.661. The first-order valence-corrected chi connectivity index (χ1v) is 9.96. The van der Waals surface area contributed by atoms with Gasteiger partial charge in [-0.05, 0) is 36.5 Å². The molecule has 0 bridgehead atoms. The Morgan fingerprint density at radius 1 is 1.26 bits per heavy atom. The number of aliphatic carboxylic acids is 1. The first kappa shape index (κ1) is 21.5. The number of nitrogens with zero attached hydrogens (tertiary/aromatic N) is 2. The molecule has 1 aliphatic rings. The molecule has 1 heterocycles. The monoisotopic (exact) mass is 395 g/mol. The molecule has 6 nitrogen and oxygen atoms in total. The number of carbonyl (C=O) groups is 2. The van der Waals surface area contributed by atoms with E-state index < -0.39 is 5.97 Å². The summed E-state index contributed by atoms with van der Waals surface area (Å²) in [5, 5.41) is 12.3. The number of carboxylic acids is 1. The topological polar surface area (TPSA) is 72.9 Å². The van der Waals surface area contributed by atoms with E-state index in [1.165, 1.54) is 5.56 Å². The van der Waals surface area contributed by atoms with Gasteiger partial charge >= 0.3 is 12.0 Å². The van der Waals surface area contributed by atoms with Crippen molar-refractivity contribution in [2.24, 2.45) is 5.92 Å². The van der Waals surface area contributed by atoms with E-state index in [9.17, 15) is 9.59 Å². The summed E-state index contributed by atoms with van der Waals surface area (Å²) < 4.78 is 0. The van der Waals surface area contributed by atoms with Crippen LogP contribution in [0, 0.1) is 5.92 Å². The van der Waals surface area contributed by atoms with Gasteiger partial charge in [0, 0.05) is 50.2 Å². The fourth-order valence-corrected chi connectivity index (χ4v) is 3.59. The Morgan fingerprint density at radius 3 is 2.59 bits per heavy atom. The number of hydrogen-bond acceptors (Lipinski definition) is 3. The number of halogens is 1. The van der Waals surface area contributed by atoms with Crippen LogP contribution in [0.1, 0.15) is 38.7 Å². The van der Waals surface area contributed by atoms with E-state index in [1.54, 1.807) is 0 Å². The van der Waals surface area contributed by atoms with Crippen molar-refractivity contribution in [3.8, 4) is 0 Å². The van der Waals surface area contributed by atoms with Crippen molar-refractivity contribution in [3.05, 3.63) is 34.9 Å². The number of rotatable bonds is 8. The molecule has 1 fully saturated rings. The summed E-state index contributed by atoms with van der Waals surface area (Å²) in [5.74, 6) is -0.342. The van der Waals surface area contributed by atoms with Gasteiger partial charge in [0.25, 0.3) is 0 Å². The van der Waals surface area contributed by atoms with Crippen LogP contribution in [-0.4, -0.2) is 59.1 Å². The lowest BCUT2D eigenvalue weighted by Crippen LogP contribution is -2.57. The van der Waals surface area contributed by atoms with Gasteiger partial charge in [-0.3, -0.25) is 9.69 Å². The molecule has 1 saturated heterocycles. The average Bonchev–Trinajstić information content (AvgIpc) is 2.60. The van der Waals surface area contributed by atoms with Gasteiger partial charge in [-0.1, -0.05) is 37.6 Å². The van der Waals surface area contributed by atoms with Crippen molar-refractivity contribution < 1.29 is 14.7 Å². The van der Waals surface area contributed by atoms with Crippen molar-refractivity contribution in [1.82, 2.24) is 15.1 Å². The SMILES string of the molecule is CC(C)CC1CN(Cc2ccc(Cl)cc2)CCN1C(=O)NCCCC(=O)O. The minimum Gasteiger partial charge on any atom is -0.481 e. The lowest BCUT2D eigenvalue weighted by molar-refractivity contribution is -0.137. The second kappa shape index (κ2) is 10.5. The Balaban J connectivity index is 1.91. The van der Waals surface area contributed by atoms with Gasteiger partial charge in [0.05, 0.1) is 0 Å². The van der Waals surface area contributed by atoms with Crippen LogP contribution >= 0.6 is 11.6 Å². The molecule has 1 aromatic rings. The highest BCUT2D eigenvalue weighted by Gasteiger charge is 2.30. The standard InChI is InChI=1S/C20H30ClN3O3/c1-15(2)12-18-14-23(13-16-5-7-17(21)8-6-16)10-11-24(18)20(27)22-9-3-4-19(25)26/h5-8,15,18H,3-4,9-14H2,1-2H3,(H,22,27)(H,25,26). The fraction of sp³-hybridized carbons (Fsp3) is 0.600. The zero-order valence-corrected chi connectivity index (χ0v) is 16.9. The molecular weight excluding hydrogens is 366 g/mol. The fourth-order valence-electron chi connectivity index (χ4n) is 3.46. The second-order valence-electron chi connectivity index (χ2n) is 7.57. The lowest BCUT2D eigenvalue weighted by atomic mass is 10.00. The third-order valence-corrected chi connectivity index (χ3v) is 4.99. The van der Waals surface area contributed by atoms with Crippen LogP contribution in [0.3, 0.4) is 0 Å². The highest BCUT2D eigenvalue weighted by atomic mass is 35.5. The Morgan fingerprint density at radius 2 is 1.96 bits per heavy atom. The van der Waals surface area contributed by atoms with Crippen molar-refractivity contribution in [3.63, 3.8) is 0 Å². The number of hydrogen-bond donors (Lipinski definition) is 2. The van der Waals surface area contributed by atoms with E-state index in [2.05, 4.69) is 24.1 Å². The third-order valence-electron chi connectivity index (χ3n) is 4.73. The minimum atomic E-state index is -0.835. The van der Waals surface area contributed by atoms with Crippen LogP contribution in [0.2, 0.25) is 5.02 Å². The van der Waals surface area contributed by atoms with E-state index in [1.807, 2.05) is 29.2 Å². The summed E-state index contributed by atoms with van der Waals surface area (Å²) in [6.45, 7) is 7.91. The molecule has 2 rings (SSSR count). The molecule has 1 atom stereocenters. The van der Waals surface area contributed by atoms with Gasteiger partial charge in [0.2, 0.25) is 0 Å². The number of amides is 2. The molecule has 0 spiro atoms. The number of benzene rings is 1. The zero-order chi connectivity index (χ0) is 19.8.